The molecule has 122 valence electrons. The maximum atomic E-state index is 12.1. The second-order valence-electron chi connectivity index (χ2n) is 4.84. The van der Waals surface area contributed by atoms with Gasteiger partial charge >= 0.3 is 5.97 Å². The van der Waals surface area contributed by atoms with Crippen molar-refractivity contribution in [2.24, 2.45) is 0 Å². The minimum Gasteiger partial charge on any atom is -0.460 e. The first kappa shape index (κ1) is 18.4. The number of ether oxygens (including phenoxy) is 2. The van der Waals surface area contributed by atoms with Crippen molar-refractivity contribution in [2.75, 3.05) is 39.5 Å². The lowest BCUT2D eigenvalue weighted by Crippen LogP contribution is -2.27. The molecule has 0 amide bonds. The van der Waals surface area contributed by atoms with Crippen LogP contribution in [0.2, 0.25) is 0 Å². The van der Waals surface area contributed by atoms with Gasteiger partial charge in [0.2, 0.25) is 0 Å². The van der Waals surface area contributed by atoms with E-state index in [1.807, 2.05) is 37.3 Å². The Balaban J connectivity index is 2.26. The highest BCUT2D eigenvalue weighted by Gasteiger charge is 2.11. The summed E-state index contributed by atoms with van der Waals surface area (Å²) in [5.74, 6) is -0.305. The van der Waals surface area contributed by atoms with Gasteiger partial charge in [-0.05, 0) is 25.6 Å². The fourth-order valence-corrected chi connectivity index (χ4v) is 2.13. The molecule has 1 aromatic rings. The van der Waals surface area contributed by atoms with Crippen LogP contribution in [0.4, 0.5) is 0 Å². The van der Waals surface area contributed by atoms with Gasteiger partial charge < -0.3 is 14.4 Å². The summed E-state index contributed by atoms with van der Waals surface area (Å²) in [4.78, 5) is 14.3. The van der Waals surface area contributed by atoms with E-state index in [9.17, 15) is 4.79 Å². The van der Waals surface area contributed by atoms with Gasteiger partial charge in [0, 0.05) is 6.54 Å². The van der Waals surface area contributed by atoms with Crippen LogP contribution in [0, 0.1) is 0 Å². The van der Waals surface area contributed by atoms with Crippen LogP contribution in [0.3, 0.4) is 0 Å². The molecule has 4 nitrogen and oxygen atoms in total. The first-order valence-electron chi connectivity index (χ1n) is 7.91. The molecule has 0 N–H and O–H groups in total. The number of benzene rings is 1. The van der Waals surface area contributed by atoms with E-state index in [1.165, 1.54) is 0 Å². The first-order valence-corrected chi connectivity index (χ1v) is 7.91. The first-order chi connectivity index (χ1) is 10.7. The van der Waals surface area contributed by atoms with E-state index >= 15 is 0 Å². The summed E-state index contributed by atoms with van der Waals surface area (Å²) >= 11 is 0. The molecule has 0 bridgehead atoms. The molecule has 0 saturated carbocycles. The minimum atomic E-state index is -0.305. The molecule has 0 aliphatic rings. The molecule has 0 unspecified atom stereocenters. The van der Waals surface area contributed by atoms with E-state index in [0.717, 1.165) is 25.2 Å². The quantitative estimate of drug-likeness (QED) is 0.378. The molecule has 22 heavy (non-hydrogen) atoms. The van der Waals surface area contributed by atoms with Gasteiger partial charge in [0.15, 0.2) is 0 Å². The van der Waals surface area contributed by atoms with Crippen molar-refractivity contribution in [3.8, 4) is 0 Å². The van der Waals surface area contributed by atoms with Gasteiger partial charge in [0.1, 0.15) is 6.61 Å². The largest absolute Gasteiger partial charge is 0.460 e. The van der Waals surface area contributed by atoms with Crippen molar-refractivity contribution < 1.29 is 14.3 Å². The maximum absolute atomic E-state index is 12.1. The Bertz CT molecular complexity index is 453. The average molecular weight is 305 g/mol. The third-order valence-electron chi connectivity index (χ3n) is 3.50. The smallest absolute Gasteiger partial charge is 0.338 e. The van der Waals surface area contributed by atoms with E-state index in [4.69, 9.17) is 9.47 Å². The summed E-state index contributed by atoms with van der Waals surface area (Å²) in [6, 6.07) is 9.53. The predicted octanol–water partition coefficient (Wildman–Crippen LogP) is 2.99. The Morgan fingerprint density at radius 2 is 1.77 bits per heavy atom. The lowest BCUT2D eigenvalue weighted by Gasteiger charge is -2.17. The van der Waals surface area contributed by atoms with Crippen LogP contribution in [0.1, 0.15) is 26.3 Å². The summed E-state index contributed by atoms with van der Waals surface area (Å²) in [5, 5.41) is 0. The molecule has 0 aliphatic heterocycles. The zero-order chi connectivity index (χ0) is 16.2. The standard InChI is InChI=1S/C18H27NO3/c1-4-17(16-10-8-7-9-11-16)18(20)22-15-14-21-13-12-19(5-2)6-3/h4,7-11H,5-6,12-15H2,1-3H3/b17-4-. The third-order valence-corrected chi connectivity index (χ3v) is 3.50. The molecule has 0 saturated heterocycles. The number of carbonyl (C=O) groups excluding carboxylic acids is 1. The van der Waals surface area contributed by atoms with Crippen LogP contribution in [0.15, 0.2) is 36.4 Å². The molecule has 0 atom stereocenters. The van der Waals surface area contributed by atoms with Crippen molar-refractivity contribution in [3.05, 3.63) is 42.0 Å². The number of rotatable bonds is 10. The Labute approximate surface area is 133 Å². The van der Waals surface area contributed by atoms with Crippen molar-refractivity contribution in [1.29, 1.82) is 0 Å². The highest BCUT2D eigenvalue weighted by Crippen LogP contribution is 2.15. The predicted molar refractivity (Wildman–Crippen MR) is 89.7 cm³/mol. The van der Waals surface area contributed by atoms with Crippen molar-refractivity contribution >= 4 is 11.5 Å². The van der Waals surface area contributed by atoms with Crippen LogP contribution in [-0.4, -0.2) is 50.3 Å². The molecule has 0 heterocycles. The van der Waals surface area contributed by atoms with Crippen molar-refractivity contribution in [3.63, 3.8) is 0 Å². The maximum Gasteiger partial charge on any atom is 0.338 e. The van der Waals surface area contributed by atoms with Gasteiger partial charge in [-0.3, -0.25) is 0 Å². The molecule has 4 heteroatoms. The summed E-state index contributed by atoms with van der Waals surface area (Å²) in [6.07, 6.45) is 1.78. The van der Waals surface area contributed by atoms with Crippen LogP contribution < -0.4 is 0 Å². The number of allylic oxidation sites excluding steroid dienone is 1. The molecular formula is C18H27NO3. The molecule has 1 rings (SSSR count). The number of hydrogen-bond donors (Lipinski definition) is 0. The van der Waals surface area contributed by atoms with Gasteiger partial charge in [0.25, 0.3) is 0 Å². The van der Waals surface area contributed by atoms with Crippen LogP contribution in [-0.2, 0) is 14.3 Å². The number of likely N-dealkylation sites (N-methyl/N-ethyl adjacent to an activating group) is 1. The SMILES string of the molecule is C/C=C(\C(=O)OCCOCCN(CC)CC)c1ccccc1. The van der Waals surface area contributed by atoms with Gasteiger partial charge in [-0.1, -0.05) is 50.3 Å². The van der Waals surface area contributed by atoms with Gasteiger partial charge in [-0.15, -0.1) is 0 Å². The van der Waals surface area contributed by atoms with Crippen LogP contribution in [0.25, 0.3) is 5.57 Å². The van der Waals surface area contributed by atoms with Crippen LogP contribution >= 0.6 is 0 Å². The number of esters is 1. The summed E-state index contributed by atoms with van der Waals surface area (Å²) in [5.41, 5.74) is 1.46. The highest BCUT2D eigenvalue weighted by molar-refractivity contribution is 6.16. The topological polar surface area (TPSA) is 38.8 Å². The zero-order valence-corrected chi connectivity index (χ0v) is 13.9. The molecule has 0 spiro atoms. The monoisotopic (exact) mass is 305 g/mol. The third kappa shape index (κ3) is 6.41. The van der Waals surface area contributed by atoms with E-state index in [0.29, 0.717) is 18.8 Å². The molecule has 0 aliphatic carbocycles. The van der Waals surface area contributed by atoms with Gasteiger partial charge in [-0.25, -0.2) is 4.79 Å². The Morgan fingerprint density at radius 3 is 2.36 bits per heavy atom. The van der Waals surface area contributed by atoms with Crippen LogP contribution in [0.5, 0.6) is 0 Å². The van der Waals surface area contributed by atoms with Gasteiger partial charge in [-0.2, -0.15) is 0 Å². The Hall–Kier alpha value is -1.65. The van der Waals surface area contributed by atoms with Crippen molar-refractivity contribution in [2.45, 2.75) is 20.8 Å². The number of nitrogens with zero attached hydrogens (tertiary/aromatic N) is 1. The van der Waals surface area contributed by atoms with E-state index in [1.54, 1.807) is 6.08 Å². The molecule has 0 aromatic heterocycles. The second kappa shape index (κ2) is 11.0. The van der Waals surface area contributed by atoms with Crippen molar-refractivity contribution in [1.82, 2.24) is 4.90 Å². The van der Waals surface area contributed by atoms with Gasteiger partial charge in [0.05, 0.1) is 18.8 Å². The normalized spacial score (nSPS) is 11.7. The molecular weight excluding hydrogens is 278 g/mol. The average Bonchev–Trinajstić information content (AvgIpc) is 2.56. The van der Waals surface area contributed by atoms with E-state index in [2.05, 4.69) is 18.7 Å². The molecule has 0 fully saturated rings. The summed E-state index contributed by atoms with van der Waals surface area (Å²) in [7, 11) is 0. The number of carbonyl (C=O) groups is 1. The fraction of sp³-hybridized carbons (Fsp3) is 0.500. The zero-order valence-electron chi connectivity index (χ0n) is 13.9. The fourth-order valence-electron chi connectivity index (χ4n) is 2.13. The lowest BCUT2D eigenvalue weighted by atomic mass is 10.1. The Morgan fingerprint density at radius 1 is 1.09 bits per heavy atom. The second-order valence-corrected chi connectivity index (χ2v) is 4.84. The molecule has 0 radical (unpaired) electrons. The Kier molecular flexibility index (Phi) is 9.19. The minimum absolute atomic E-state index is 0.279. The van der Waals surface area contributed by atoms with E-state index in [-0.39, 0.29) is 12.6 Å². The lowest BCUT2D eigenvalue weighted by molar-refractivity contribution is -0.138. The highest BCUT2D eigenvalue weighted by atomic mass is 16.6. The number of hydrogen-bond acceptors (Lipinski definition) is 4. The van der Waals surface area contributed by atoms with E-state index < -0.39 is 0 Å². The summed E-state index contributed by atoms with van der Waals surface area (Å²) < 4.78 is 10.8. The summed E-state index contributed by atoms with van der Waals surface area (Å²) in [6.45, 7) is 10.4. The molecule has 1 aromatic carbocycles.